The molecule has 3 rings (SSSR count). The molecule has 0 saturated heterocycles. The standard InChI is InChI=1S/C17H13NO7/c1-24-16-13(20)7-11(17(21)25-2)14-12(18(22)23)5-8-3-4-9(19)6-10(8)15(14)16/h3-7,19-20H,1-2H3. The number of benzene rings is 3. The molecule has 0 aromatic heterocycles. The number of carbonyl (C=O) groups is 1. The maximum absolute atomic E-state index is 12.1. The summed E-state index contributed by atoms with van der Waals surface area (Å²) < 4.78 is 9.88. The zero-order chi connectivity index (χ0) is 18.3. The number of nitrogens with zero attached hydrogens (tertiary/aromatic N) is 1. The number of nitro benzene ring substituents is 1. The van der Waals surface area contributed by atoms with Crippen LogP contribution in [0.25, 0.3) is 21.5 Å². The molecule has 25 heavy (non-hydrogen) atoms. The lowest BCUT2D eigenvalue weighted by atomic mass is 9.95. The Bertz CT molecular complexity index is 1040. The van der Waals surface area contributed by atoms with Gasteiger partial charge in [-0.1, -0.05) is 6.07 Å². The van der Waals surface area contributed by atoms with Crippen LogP contribution >= 0.6 is 0 Å². The number of ether oxygens (including phenoxy) is 2. The van der Waals surface area contributed by atoms with Crippen molar-refractivity contribution in [3.63, 3.8) is 0 Å². The van der Waals surface area contributed by atoms with Gasteiger partial charge in [0.2, 0.25) is 0 Å². The first-order chi connectivity index (χ1) is 11.9. The number of fused-ring (bicyclic) bond motifs is 3. The normalized spacial score (nSPS) is 10.8. The Balaban J connectivity index is 2.69. The monoisotopic (exact) mass is 343 g/mol. The highest BCUT2D eigenvalue weighted by molar-refractivity contribution is 6.21. The number of nitro groups is 1. The maximum Gasteiger partial charge on any atom is 0.338 e. The maximum atomic E-state index is 12.1. The number of aromatic hydroxyl groups is 2. The third-order valence-electron chi connectivity index (χ3n) is 3.92. The molecule has 128 valence electrons. The van der Waals surface area contributed by atoms with E-state index in [1.807, 2.05) is 0 Å². The number of methoxy groups -OCH3 is 2. The fraction of sp³-hybridized carbons (Fsp3) is 0.118. The van der Waals surface area contributed by atoms with Crippen molar-refractivity contribution in [2.45, 2.75) is 0 Å². The minimum atomic E-state index is -0.842. The van der Waals surface area contributed by atoms with E-state index >= 15 is 0 Å². The summed E-state index contributed by atoms with van der Waals surface area (Å²) in [6.07, 6.45) is 0. The highest BCUT2D eigenvalue weighted by Crippen LogP contribution is 2.45. The molecule has 0 fully saturated rings. The average Bonchev–Trinajstić information content (AvgIpc) is 2.59. The minimum absolute atomic E-state index is 0.0374. The van der Waals surface area contributed by atoms with Gasteiger partial charge in [-0.25, -0.2) is 4.79 Å². The summed E-state index contributed by atoms with van der Waals surface area (Å²) in [6.45, 7) is 0. The summed E-state index contributed by atoms with van der Waals surface area (Å²) in [5, 5.41) is 32.5. The fourth-order valence-electron chi connectivity index (χ4n) is 2.90. The van der Waals surface area contributed by atoms with E-state index < -0.39 is 10.9 Å². The number of hydrogen-bond donors (Lipinski definition) is 2. The van der Waals surface area contributed by atoms with E-state index in [4.69, 9.17) is 4.74 Å². The van der Waals surface area contributed by atoms with Crippen molar-refractivity contribution in [1.29, 1.82) is 0 Å². The zero-order valence-corrected chi connectivity index (χ0v) is 13.3. The van der Waals surface area contributed by atoms with Crippen LogP contribution in [0.4, 0.5) is 5.69 Å². The SMILES string of the molecule is COC(=O)c1cc(O)c(OC)c2c1c([N+](=O)[O-])cc1ccc(O)cc12. The lowest BCUT2D eigenvalue weighted by Gasteiger charge is -2.14. The largest absolute Gasteiger partial charge is 0.508 e. The van der Waals surface area contributed by atoms with Gasteiger partial charge in [-0.05, 0) is 29.0 Å². The van der Waals surface area contributed by atoms with Gasteiger partial charge in [-0.2, -0.15) is 0 Å². The Kier molecular flexibility index (Phi) is 3.80. The third-order valence-corrected chi connectivity index (χ3v) is 3.92. The summed E-state index contributed by atoms with van der Waals surface area (Å²) in [7, 11) is 2.42. The molecule has 0 amide bonds. The number of non-ortho nitro benzene ring substituents is 1. The molecule has 0 heterocycles. The van der Waals surface area contributed by atoms with Crippen LogP contribution < -0.4 is 4.74 Å². The van der Waals surface area contributed by atoms with E-state index in [9.17, 15) is 25.1 Å². The highest BCUT2D eigenvalue weighted by atomic mass is 16.6. The number of rotatable bonds is 3. The number of phenolic OH excluding ortho intramolecular Hbond substituents is 2. The van der Waals surface area contributed by atoms with E-state index in [0.29, 0.717) is 10.8 Å². The van der Waals surface area contributed by atoms with Crippen LogP contribution in [-0.4, -0.2) is 35.3 Å². The van der Waals surface area contributed by atoms with E-state index in [-0.39, 0.29) is 39.3 Å². The van der Waals surface area contributed by atoms with Crippen molar-refractivity contribution in [1.82, 2.24) is 0 Å². The molecule has 0 aliphatic heterocycles. The molecule has 0 bridgehead atoms. The van der Waals surface area contributed by atoms with Crippen molar-refractivity contribution in [3.8, 4) is 17.2 Å². The number of phenols is 2. The van der Waals surface area contributed by atoms with Crippen LogP contribution in [0.2, 0.25) is 0 Å². The van der Waals surface area contributed by atoms with Gasteiger partial charge in [0, 0.05) is 11.5 Å². The van der Waals surface area contributed by atoms with Crippen LogP contribution in [0.1, 0.15) is 10.4 Å². The van der Waals surface area contributed by atoms with E-state index in [0.717, 1.165) is 13.2 Å². The minimum Gasteiger partial charge on any atom is -0.508 e. The molecule has 0 radical (unpaired) electrons. The Labute approximate surface area is 141 Å². The molecule has 2 N–H and O–H groups in total. The molecule has 0 atom stereocenters. The second-order valence-electron chi connectivity index (χ2n) is 5.28. The summed E-state index contributed by atoms with van der Waals surface area (Å²) in [4.78, 5) is 23.1. The van der Waals surface area contributed by atoms with Crippen LogP contribution in [0.3, 0.4) is 0 Å². The van der Waals surface area contributed by atoms with E-state index in [1.54, 1.807) is 0 Å². The molecule has 0 aliphatic rings. The first kappa shape index (κ1) is 16.3. The Morgan fingerprint density at radius 2 is 1.84 bits per heavy atom. The summed E-state index contributed by atoms with van der Waals surface area (Å²) in [5.74, 6) is -1.33. The molecule has 0 saturated carbocycles. The van der Waals surface area contributed by atoms with Crippen molar-refractivity contribution in [3.05, 3.63) is 46.0 Å². The molecule has 0 spiro atoms. The Morgan fingerprint density at radius 1 is 1.12 bits per heavy atom. The van der Waals surface area contributed by atoms with E-state index in [2.05, 4.69) is 4.74 Å². The molecule has 8 heteroatoms. The molecule has 3 aromatic carbocycles. The molecule has 3 aromatic rings. The predicted molar refractivity (Wildman–Crippen MR) is 89.3 cm³/mol. The van der Waals surface area contributed by atoms with Gasteiger partial charge in [0.1, 0.15) is 5.75 Å². The first-order valence-electron chi connectivity index (χ1n) is 7.11. The van der Waals surface area contributed by atoms with Crippen molar-refractivity contribution in [2.24, 2.45) is 0 Å². The quantitative estimate of drug-likeness (QED) is 0.324. The van der Waals surface area contributed by atoms with Crippen molar-refractivity contribution >= 4 is 33.2 Å². The molecule has 0 aliphatic carbocycles. The number of esters is 1. The second kappa shape index (κ2) is 5.82. The Hall–Kier alpha value is -3.55. The van der Waals surface area contributed by atoms with Gasteiger partial charge < -0.3 is 19.7 Å². The van der Waals surface area contributed by atoms with Gasteiger partial charge in [0.05, 0.1) is 30.1 Å². The van der Waals surface area contributed by atoms with Gasteiger partial charge in [0.15, 0.2) is 11.5 Å². The van der Waals surface area contributed by atoms with Crippen molar-refractivity contribution in [2.75, 3.05) is 14.2 Å². The second-order valence-corrected chi connectivity index (χ2v) is 5.28. The summed E-state index contributed by atoms with van der Waals surface area (Å²) in [5.41, 5.74) is -0.514. The van der Waals surface area contributed by atoms with E-state index in [1.165, 1.54) is 31.4 Å². The molecule has 0 unspecified atom stereocenters. The molecular weight excluding hydrogens is 330 g/mol. The van der Waals surface area contributed by atoms with Crippen molar-refractivity contribution < 1.29 is 29.4 Å². The molecule has 8 nitrogen and oxygen atoms in total. The van der Waals surface area contributed by atoms with Gasteiger partial charge in [-0.15, -0.1) is 0 Å². The fourth-order valence-corrected chi connectivity index (χ4v) is 2.90. The zero-order valence-electron chi connectivity index (χ0n) is 13.3. The summed E-state index contributed by atoms with van der Waals surface area (Å²) in [6, 6.07) is 6.62. The molecular formula is C17H13NO7. The summed E-state index contributed by atoms with van der Waals surface area (Å²) >= 11 is 0. The lowest BCUT2D eigenvalue weighted by molar-refractivity contribution is -0.383. The van der Waals surface area contributed by atoms with Gasteiger partial charge in [-0.3, -0.25) is 10.1 Å². The van der Waals surface area contributed by atoms with Crippen LogP contribution in [0.15, 0.2) is 30.3 Å². The van der Waals surface area contributed by atoms with Crippen LogP contribution in [-0.2, 0) is 4.74 Å². The Morgan fingerprint density at radius 3 is 2.44 bits per heavy atom. The smallest absolute Gasteiger partial charge is 0.338 e. The number of carbonyl (C=O) groups excluding carboxylic acids is 1. The van der Waals surface area contributed by atoms with Crippen LogP contribution in [0, 0.1) is 10.1 Å². The van der Waals surface area contributed by atoms with Gasteiger partial charge in [0.25, 0.3) is 5.69 Å². The number of hydrogen-bond acceptors (Lipinski definition) is 7. The average molecular weight is 343 g/mol. The topological polar surface area (TPSA) is 119 Å². The predicted octanol–water partition coefficient (Wildman–Crippen LogP) is 3.11. The third kappa shape index (κ3) is 2.44. The lowest BCUT2D eigenvalue weighted by Crippen LogP contribution is -2.05. The van der Waals surface area contributed by atoms with Crippen LogP contribution in [0.5, 0.6) is 17.2 Å². The highest BCUT2D eigenvalue weighted by Gasteiger charge is 2.27. The first-order valence-corrected chi connectivity index (χ1v) is 7.11. The van der Waals surface area contributed by atoms with Gasteiger partial charge >= 0.3 is 5.97 Å².